The van der Waals surface area contributed by atoms with Crippen molar-refractivity contribution < 1.29 is 4.43 Å². The molecule has 0 N–H and O–H groups in total. The van der Waals surface area contributed by atoms with Crippen molar-refractivity contribution >= 4 is 31.7 Å². The minimum atomic E-state index is -1.72. The van der Waals surface area contributed by atoms with Crippen LogP contribution in [0, 0.1) is 5.41 Å². The van der Waals surface area contributed by atoms with Crippen molar-refractivity contribution in [2.45, 2.75) is 62.9 Å². The summed E-state index contributed by atoms with van der Waals surface area (Å²) in [5, 5.41) is 0.577. The number of halogens is 1. The molecule has 1 nitrogen and oxygen atoms in total. The van der Waals surface area contributed by atoms with Crippen LogP contribution in [0.1, 0.15) is 34.6 Å². The fourth-order valence-electron chi connectivity index (χ4n) is 1.74. The summed E-state index contributed by atoms with van der Waals surface area (Å²) in [5.41, 5.74) is 0.0395. The first-order chi connectivity index (χ1) is 9.99. The van der Waals surface area contributed by atoms with Crippen molar-refractivity contribution in [2.75, 3.05) is 12.5 Å². The minimum absolute atomic E-state index is 0.0395. The lowest BCUT2D eigenvalue weighted by Gasteiger charge is -2.41. The Balaban J connectivity index is 2.74. The standard InChI is InChI=1S/C18H31ClOSSi/c1-17(2,3)22(6,7)20-14-18(4,5)16(13-19)21-15-11-9-8-10-12-15/h8-12,16H,13-14H2,1-7H3. The van der Waals surface area contributed by atoms with Gasteiger partial charge in [-0.25, -0.2) is 0 Å². The van der Waals surface area contributed by atoms with Gasteiger partial charge in [0.15, 0.2) is 8.32 Å². The molecule has 1 unspecified atom stereocenters. The Morgan fingerprint density at radius 1 is 1.09 bits per heavy atom. The van der Waals surface area contributed by atoms with Gasteiger partial charge in [0, 0.05) is 28.0 Å². The van der Waals surface area contributed by atoms with Crippen LogP contribution in [0.3, 0.4) is 0 Å². The van der Waals surface area contributed by atoms with Crippen LogP contribution >= 0.6 is 23.4 Å². The summed E-state index contributed by atoms with van der Waals surface area (Å²) < 4.78 is 6.45. The summed E-state index contributed by atoms with van der Waals surface area (Å²) in [5.74, 6) is 0.632. The summed E-state index contributed by atoms with van der Waals surface area (Å²) in [4.78, 5) is 1.27. The summed E-state index contributed by atoms with van der Waals surface area (Å²) in [6.07, 6.45) is 0. The van der Waals surface area contributed by atoms with Crippen LogP contribution in [0.25, 0.3) is 0 Å². The number of rotatable bonds is 7. The first-order valence-corrected chi connectivity index (χ1v) is 12.2. The van der Waals surface area contributed by atoms with Gasteiger partial charge in [0.2, 0.25) is 0 Å². The number of alkyl halides is 1. The van der Waals surface area contributed by atoms with E-state index in [1.165, 1.54) is 4.90 Å². The van der Waals surface area contributed by atoms with E-state index >= 15 is 0 Å². The minimum Gasteiger partial charge on any atom is -0.416 e. The highest BCUT2D eigenvalue weighted by atomic mass is 35.5. The number of hydrogen-bond donors (Lipinski definition) is 0. The molecular formula is C18H31ClOSSi. The van der Waals surface area contributed by atoms with Gasteiger partial charge < -0.3 is 4.43 Å². The Hall–Kier alpha value is 0.0369. The van der Waals surface area contributed by atoms with Crippen LogP contribution in [0.4, 0.5) is 0 Å². The molecule has 1 atom stereocenters. The van der Waals surface area contributed by atoms with Gasteiger partial charge in [-0.05, 0) is 30.3 Å². The van der Waals surface area contributed by atoms with E-state index in [4.69, 9.17) is 16.0 Å². The van der Waals surface area contributed by atoms with Crippen LogP contribution in [0.2, 0.25) is 18.1 Å². The molecule has 0 aliphatic heterocycles. The Morgan fingerprint density at radius 2 is 1.64 bits per heavy atom. The summed E-state index contributed by atoms with van der Waals surface area (Å²) in [7, 11) is -1.72. The van der Waals surface area contributed by atoms with Crippen molar-refractivity contribution in [3.05, 3.63) is 30.3 Å². The number of benzene rings is 1. The van der Waals surface area contributed by atoms with E-state index in [0.29, 0.717) is 11.1 Å². The predicted octanol–water partition coefficient (Wildman–Crippen LogP) is 6.43. The van der Waals surface area contributed by atoms with Gasteiger partial charge in [-0.3, -0.25) is 0 Å². The SMILES string of the molecule is CC(C)(CO[Si](C)(C)C(C)(C)C)C(CCl)Sc1ccccc1. The largest absolute Gasteiger partial charge is 0.416 e. The highest BCUT2D eigenvalue weighted by Crippen LogP contribution is 2.41. The van der Waals surface area contributed by atoms with Crippen molar-refractivity contribution in [1.29, 1.82) is 0 Å². The molecule has 0 radical (unpaired) electrons. The van der Waals surface area contributed by atoms with Gasteiger partial charge >= 0.3 is 0 Å². The second kappa shape index (κ2) is 7.74. The smallest absolute Gasteiger partial charge is 0.192 e. The molecule has 1 aromatic rings. The van der Waals surface area contributed by atoms with Crippen molar-refractivity contribution in [3.63, 3.8) is 0 Å². The molecule has 0 heterocycles. The molecule has 0 amide bonds. The lowest BCUT2D eigenvalue weighted by Crippen LogP contribution is -2.45. The van der Waals surface area contributed by atoms with Crippen molar-refractivity contribution in [2.24, 2.45) is 5.41 Å². The molecule has 4 heteroatoms. The average Bonchev–Trinajstić information content (AvgIpc) is 2.42. The Bertz CT molecular complexity index is 454. The Kier molecular flexibility index (Phi) is 7.06. The molecule has 0 saturated carbocycles. The monoisotopic (exact) mass is 358 g/mol. The van der Waals surface area contributed by atoms with E-state index in [9.17, 15) is 0 Å². The van der Waals surface area contributed by atoms with Gasteiger partial charge in [-0.15, -0.1) is 23.4 Å². The Morgan fingerprint density at radius 3 is 2.09 bits per heavy atom. The third-order valence-corrected chi connectivity index (χ3v) is 11.2. The van der Waals surface area contributed by atoms with Gasteiger partial charge in [0.25, 0.3) is 0 Å². The lowest BCUT2D eigenvalue weighted by molar-refractivity contribution is 0.166. The second-order valence-electron chi connectivity index (χ2n) is 8.11. The topological polar surface area (TPSA) is 9.23 Å². The molecule has 22 heavy (non-hydrogen) atoms. The fourth-order valence-corrected chi connectivity index (χ4v) is 4.60. The lowest BCUT2D eigenvalue weighted by atomic mass is 9.91. The van der Waals surface area contributed by atoms with E-state index in [-0.39, 0.29) is 10.5 Å². The maximum absolute atomic E-state index is 6.45. The molecule has 126 valence electrons. The zero-order valence-corrected chi connectivity index (χ0v) is 17.6. The molecule has 0 spiro atoms. The predicted molar refractivity (Wildman–Crippen MR) is 104 cm³/mol. The summed E-state index contributed by atoms with van der Waals surface area (Å²) in [6, 6.07) is 10.5. The van der Waals surface area contributed by atoms with Gasteiger partial charge in [0.1, 0.15) is 0 Å². The zero-order chi connectivity index (χ0) is 17.0. The first kappa shape index (κ1) is 20.1. The third-order valence-electron chi connectivity index (χ3n) is 4.64. The second-order valence-corrected chi connectivity index (χ2v) is 14.5. The maximum atomic E-state index is 6.45. The van der Waals surface area contributed by atoms with E-state index in [0.717, 1.165) is 6.61 Å². The van der Waals surface area contributed by atoms with E-state index in [2.05, 4.69) is 72.0 Å². The normalized spacial score (nSPS) is 14.9. The molecule has 0 aliphatic carbocycles. The number of hydrogen-bond acceptors (Lipinski definition) is 2. The van der Waals surface area contributed by atoms with Crippen LogP contribution in [0.5, 0.6) is 0 Å². The van der Waals surface area contributed by atoms with Gasteiger partial charge in [-0.2, -0.15) is 0 Å². The molecular weight excluding hydrogens is 328 g/mol. The van der Waals surface area contributed by atoms with Crippen LogP contribution in [-0.2, 0) is 4.43 Å². The molecule has 1 rings (SSSR count). The highest BCUT2D eigenvalue weighted by Gasteiger charge is 2.40. The zero-order valence-electron chi connectivity index (χ0n) is 15.1. The van der Waals surface area contributed by atoms with E-state index < -0.39 is 8.32 Å². The Labute approximate surface area is 147 Å². The highest BCUT2D eigenvalue weighted by molar-refractivity contribution is 8.00. The first-order valence-electron chi connectivity index (χ1n) is 7.91. The molecule has 0 aliphatic rings. The van der Waals surface area contributed by atoms with E-state index in [1.54, 1.807) is 0 Å². The molecule has 0 saturated heterocycles. The van der Waals surface area contributed by atoms with Gasteiger partial charge in [0.05, 0.1) is 0 Å². The van der Waals surface area contributed by atoms with Crippen LogP contribution in [-0.4, -0.2) is 26.1 Å². The van der Waals surface area contributed by atoms with Gasteiger partial charge in [-0.1, -0.05) is 52.8 Å². The summed E-state index contributed by atoms with van der Waals surface area (Å²) in [6.45, 7) is 16.8. The third kappa shape index (κ3) is 5.59. The fraction of sp³-hybridized carbons (Fsp3) is 0.667. The maximum Gasteiger partial charge on any atom is 0.192 e. The molecule has 0 fully saturated rings. The molecule has 0 bridgehead atoms. The van der Waals surface area contributed by atoms with Crippen LogP contribution in [0.15, 0.2) is 35.2 Å². The quantitative estimate of drug-likeness (QED) is 0.315. The molecule has 1 aromatic carbocycles. The molecule has 0 aromatic heterocycles. The van der Waals surface area contributed by atoms with Crippen molar-refractivity contribution in [3.8, 4) is 0 Å². The summed E-state index contributed by atoms with van der Waals surface area (Å²) >= 11 is 8.13. The van der Waals surface area contributed by atoms with E-state index in [1.807, 2.05) is 17.8 Å². The van der Waals surface area contributed by atoms with Crippen LogP contribution < -0.4 is 0 Å². The average molecular weight is 359 g/mol. The number of thioether (sulfide) groups is 1. The van der Waals surface area contributed by atoms with Crippen molar-refractivity contribution in [1.82, 2.24) is 0 Å².